The van der Waals surface area contributed by atoms with E-state index >= 15 is 0 Å². The summed E-state index contributed by atoms with van der Waals surface area (Å²) in [4.78, 5) is 9.83. The summed E-state index contributed by atoms with van der Waals surface area (Å²) in [6.45, 7) is -0.136. The molecule has 0 radical (unpaired) electrons. The van der Waals surface area contributed by atoms with E-state index in [1.54, 1.807) is 0 Å². The number of phenolic OH excluding ortho intramolecular Hbond substituents is 1. The lowest BCUT2D eigenvalue weighted by molar-refractivity contribution is -0.386. The Hall–Kier alpha value is -1.66. The van der Waals surface area contributed by atoms with Crippen LogP contribution in [0.4, 0.5) is 5.69 Å². The van der Waals surface area contributed by atoms with Crippen LogP contribution in [0.25, 0.3) is 0 Å². The van der Waals surface area contributed by atoms with E-state index in [1.807, 2.05) is 0 Å². The number of nitrogens with zero attached hydrogens (tertiary/aromatic N) is 1. The number of para-hydroxylation sites is 1. The van der Waals surface area contributed by atoms with Crippen LogP contribution in [0.3, 0.4) is 0 Å². The summed E-state index contributed by atoms with van der Waals surface area (Å²) < 4.78 is 0. The van der Waals surface area contributed by atoms with Crippen LogP contribution in [0, 0.1) is 10.1 Å². The van der Waals surface area contributed by atoms with Crippen molar-refractivity contribution < 1.29 is 15.1 Å². The van der Waals surface area contributed by atoms with Gasteiger partial charge in [-0.05, 0) is 6.42 Å². The Kier molecular flexibility index (Phi) is 3.59. The first-order valence-corrected chi connectivity index (χ1v) is 4.40. The van der Waals surface area contributed by atoms with E-state index < -0.39 is 16.7 Å². The maximum absolute atomic E-state index is 10.5. The molecule has 1 atom stereocenters. The molecule has 15 heavy (non-hydrogen) atoms. The van der Waals surface area contributed by atoms with Crippen molar-refractivity contribution in [2.24, 2.45) is 5.73 Å². The van der Waals surface area contributed by atoms with Gasteiger partial charge >= 0.3 is 5.69 Å². The summed E-state index contributed by atoms with van der Waals surface area (Å²) in [6, 6.07) is 3.55. The fourth-order valence-corrected chi connectivity index (χ4v) is 1.29. The van der Waals surface area contributed by atoms with Crippen molar-refractivity contribution in [2.75, 3.05) is 6.61 Å². The highest BCUT2D eigenvalue weighted by molar-refractivity contribution is 5.51. The second kappa shape index (κ2) is 4.72. The summed E-state index contributed by atoms with van der Waals surface area (Å²) in [5.74, 6) is -0.427. The molecule has 0 saturated heterocycles. The molecule has 0 aliphatic rings. The molecule has 1 rings (SSSR count). The summed E-state index contributed by atoms with van der Waals surface area (Å²) in [5, 5.41) is 28.7. The van der Waals surface area contributed by atoms with E-state index in [0.29, 0.717) is 0 Å². The van der Waals surface area contributed by atoms with Gasteiger partial charge in [0.05, 0.1) is 4.92 Å². The molecule has 0 aromatic heterocycles. The zero-order valence-corrected chi connectivity index (χ0v) is 7.96. The van der Waals surface area contributed by atoms with Crippen molar-refractivity contribution in [3.63, 3.8) is 0 Å². The number of rotatable bonds is 4. The van der Waals surface area contributed by atoms with Crippen LogP contribution in [0.2, 0.25) is 0 Å². The van der Waals surface area contributed by atoms with Gasteiger partial charge in [-0.25, -0.2) is 0 Å². The third-order valence-electron chi connectivity index (χ3n) is 2.08. The maximum Gasteiger partial charge on any atom is 0.311 e. The second-order valence-corrected chi connectivity index (χ2v) is 3.09. The Morgan fingerprint density at radius 3 is 2.73 bits per heavy atom. The van der Waals surface area contributed by atoms with Crippen molar-refractivity contribution in [3.05, 3.63) is 33.9 Å². The Morgan fingerprint density at radius 1 is 1.53 bits per heavy atom. The van der Waals surface area contributed by atoms with Gasteiger partial charge in [0.15, 0.2) is 5.75 Å². The lowest BCUT2D eigenvalue weighted by Crippen LogP contribution is -2.12. The van der Waals surface area contributed by atoms with Gasteiger partial charge in [0.1, 0.15) is 0 Å². The van der Waals surface area contributed by atoms with Crippen LogP contribution in [0.1, 0.15) is 18.0 Å². The van der Waals surface area contributed by atoms with E-state index in [2.05, 4.69) is 0 Å². The molecule has 6 nitrogen and oxygen atoms in total. The van der Waals surface area contributed by atoms with Gasteiger partial charge in [0.25, 0.3) is 0 Å². The highest BCUT2D eigenvalue weighted by Gasteiger charge is 2.19. The number of hydrogen-bond acceptors (Lipinski definition) is 5. The van der Waals surface area contributed by atoms with Crippen LogP contribution >= 0.6 is 0 Å². The number of aliphatic hydroxyl groups is 1. The Morgan fingerprint density at radius 2 is 2.20 bits per heavy atom. The van der Waals surface area contributed by atoms with Crippen LogP contribution in [0.15, 0.2) is 18.2 Å². The largest absolute Gasteiger partial charge is 0.502 e. The molecule has 6 heteroatoms. The summed E-state index contributed by atoms with van der Waals surface area (Å²) in [5.41, 5.74) is 5.53. The number of nitro benzene ring substituents is 1. The third kappa shape index (κ3) is 2.42. The molecule has 0 aliphatic heterocycles. The average Bonchev–Trinajstić information content (AvgIpc) is 2.17. The van der Waals surface area contributed by atoms with Gasteiger partial charge in [-0.15, -0.1) is 0 Å². The zero-order chi connectivity index (χ0) is 11.4. The first kappa shape index (κ1) is 11.4. The first-order valence-electron chi connectivity index (χ1n) is 4.40. The van der Waals surface area contributed by atoms with E-state index in [9.17, 15) is 15.2 Å². The van der Waals surface area contributed by atoms with Gasteiger partial charge in [-0.3, -0.25) is 10.1 Å². The number of hydrogen-bond donors (Lipinski definition) is 3. The quantitative estimate of drug-likeness (QED) is 0.502. The maximum atomic E-state index is 10.5. The molecule has 1 aromatic carbocycles. The topological polar surface area (TPSA) is 110 Å². The van der Waals surface area contributed by atoms with Crippen molar-refractivity contribution in [3.8, 4) is 5.75 Å². The summed E-state index contributed by atoms with van der Waals surface area (Å²) in [6.07, 6.45) is 0.245. The summed E-state index contributed by atoms with van der Waals surface area (Å²) in [7, 11) is 0. The van der Waals surface area contributed by atoms with Crippen molar-refractivity contribution in [2.45, 2.75) is 12.5 Å². The highest BCUT2D eigenvalue weighted by atomic mass is 16.6. The van der Waals surface area contributed by atoms with Gasteiger partial charge in [-0.1, -0.05) is 12.1 Å². The van der Waals surface area contributed by atoms with E-state index in [-0.39, 0.29) is 24.3 Å². The molecule has 0 spiro atoms. The lowest BCUT2D eigenvalue weighted by Gasteiger charge is -2.11. The van der Waals surface area contributed by atoms with Crippen LogP contribution in [0.5, 0.6) is 5.75 Å². The predicted molar refractivity (Wildman–Crippen MR) is 53.4 cm³/mol. The molecular formula is C9H12N2O4. The molecular weight excluding hydrogens is 200 g/mol. The molecule has 1 aromatic rings. The number of aliphatic hydroxyl groups excluding tert-OH is 1. The molecule has 1 unspecified atom stereocenters. The molecule has 0 heterocycles. The molecule has 0 fully saturated rings. The number of phenols is 1. The van der Waals surface area contributed by atoms with Crippen molar-refractivity contribution in [1.82, 2.24) is 0 Å². The fourth-order valence-electron chi connectivity index (χ4n) is 1.29. The first-order chi connectivity index (χ1) is 7.07. The van der Waals surface area contributed by atoms with E-state index in [0.717, 1.165) is 0 Å². The Labute approximate surface area is 86.1 Å². The number of aromatic hydroxyl groups is 1. The average molecular weight is 212 g/mol. The Balaban J connectivity index is 3.09. The molecule has 0 saturated carbocycles. The normalized spacial score (nSPS) is 12.4. The minimum Gasteiger partial charge on any atom is -0.502 e. The van der Waals surface area contributed by atoms with Gasteiger partial charge < -0.3 is 15.9 Å². The number of benzene rings is 1. The predicted octanol–water partition coefficient (Wildman–Crippen LogP) is 0.683. The lowest BCUT2D eigenvalue weighted by atomic mass is 10.0. The number of nitrogens with two attached hydrogens (primary N) is 1. The zero-order valence-electron chi connectivity index (χ0n) is 7.96. The fraction of sp³-hybridized carbons (Fsp3) is 0.333. The monoisotopic (exact) mass is 212 g/mol. The number of nitro groups is 1. The molecule has 4 N–H and O–H groups in total. The second-order valence-electron chi connectivity index (χ2n) is 3.09. The highest BCUT2D eigenvalue weighted by Crippen LogP contribution is 2.33. The third-order valence-corrected chi connectivity index (χ3v) is 2.08. The van der Waals surface area contributed by atoms with Crippen LogP contribution in [-0.4, -0.2) is 21.7 Å². The minimum atomic E-state index is -0.676. The standard InChI is InChI=1S/C9H12N2O4/c10-7(4-5-12)6-2-1-3-8(9(6)13)11(14)15/h1-3,7,12-13H,4-5,10H2. The van der Waals surface area contributed by atoms with Crippen LogP contribution in [-0.2, 0) is 0 Å². The van der Waals surface area contributed by atoms with Gasteiger partial charge in [0, 0.05) is 24.3 Å². The smallest absolute Gasteiger partial charge is 0.311 e. The van der Waals surface area contributed by atoms with Gasteiger partial charge in [-0.2, -0.15) is 0 Å². The van der Waals surface area contributed by atoms with Crippen molar-refractivity contribution >= 4 is 5.69 Å². The minimum absolute atomic E-state index is 0.136. The Bertz CT molecular complexity index is 367. The van der Waals surface area contributed by atoms with E-state index in [4.69, 9.17) is 10.8 Å². The van der Waals surface area contributed by atoms with E-state index in [1.165, 1.54) is 18.2 Å². The summed E-state index contributed by atoms with van der Waals surface area (Å²) >= 11 is 0. The SMILES string of the molecule is NC(CCO)c1cccc([N+](=O)[O-])c1O. The van der Waals surface area contributed by atoms with Crippen LogP contribution < -0.4 is 5.73 Å². The molecule has 82 valence electrons. The van der Waals surface area contributed by atoms with Gasteiger partial charge in [0.2, 0.25) is 0 Å². The van der Waals surface area contributed by atoms with Crippen molar-refractivity contribution in [1.29, 1.82) is 0 Å². The molecule has 0 aliphatic carbocycles. The molecule has 0 bridgehead atoms. The molecule has 0 amide bonds.